The van der Waals surface area contributed by atoms with E-state index in [1.807, 2.05) is 13.0 Å². The number of nitro benzene ring substituents is 1. The summed E-state index contributed by atoms with van der Waals surface area (Å²) in [6.45, 7) is 1.94. The fraction of sp³-hybridized carbons (Fsp3) is 0.0667. The lowest BCUT2D eigenvalue weighted by Gasteiger charge is -2.11. The van der Waals surface area contributed by atoms with Crippen LogP contribution in [0.2, 0.25) is 5.02 Å². The highest BCUT2D eigenvalue weighted by Gasteiger charge is 2.11. The van der Waals surface area contributed by atoms with Gasteiger partial charge in [-0.3, -0.25) is 10.1 Å². The monoisotopic (exact) mass is 314 g/mol. The molecule has 2 aromatic carbocycles. The van der Waals surface area contributed by atoms with Gasteiger partial charge in [0.2, 0.25) is 0 Å². The molecule has 1 N–H and O–H groups in total. The summed E-state index contributed by atoms with van der Waals surface area (Å²) >= 11 is 6.01. The van der Waals surface area contributed by atoms with Crippen LogP contribution in [0.25, 0.3) is 10.9 Å². The second-order valence-corrected chi connectivity index (χ2v) is 5.20. The largest absolute Gasteiger partial charge is 0.339 e. The Balaban J connectivity index is 2.12. The molecule has 0 bridgehead atoms. The van der Waals surface area contributed by atoms with Crippen molar-refractivity contribution in [2.75, 3.05) is 5.32 Å². The number of nitrogens with one attached hydrogen (secondary N) is 1. The van der Waals surface area contributed by atoms with Crippen LogP contribution in [-0.2, 0) is 0 Å². The molecule has 3 rings (SSSR count). The summed E-state index contributed by atoms with van der Waals surface area (Å²) in [4.78, 5) is 18.8. The predicted molar refractivity (Wildman–Crippen MR) is 85.7 cm³/mol. The zero-order chi connectivity index (χ0) is 15.7. The third-order valence-electron chi connectivity index (χ3n) is 3.28. The van der Waals surface area contributed by atoms with Gasteiger partial charge in [-0.05, 0) is 30.7 Å². The summed E-state index contributed by atoms with van der Waals surface area (Å²) in [7, 11) is 0. The van der Waals surface area contributed by atoms with Crippen molar-refractivity contribution in [1.29, 1.82) is 0 Å². The van der Waals surface area contributed by atoms with Gasteiger partial charge in [0.1, 0.15) is 12.1 Å². The van der Waals surface area contributed by atoms with E-state index in [-0.39, 0.29) is 5.69 Å². The van der Waals surface area contributed by atoms with Crippen molar-refractivity contribution in [3.05, 3.63) is 63.4 Å². The predicted octanol–water partition coefficient (Wildman–Crippen LogP) is 4.24. The molecule has 0 unspecified atom stereocenters. The molecule has 0 aliphatic carbocycles. The Morgan fingerprint density at radius 2 is 2.00 bits per heavy atom. The minimum absolute atomic E-state index is 0.00633. The van der Waals surface area contributed by atoms with Gasteiger partial charge < -0.3 is 5.32 Å². The molecule has 110 valence electrons. The van der Waals surface area contributed by atoms with E-state index in [0.717, 1.165) is 11.3 Å². The molecular formula is C15H11ClN4O2. The molecule has 0 radical (unpaired) electrons. The highest BCUT2D eigenvalue weighted by molar-refractivity contribution is 6.30. The molecule has 22 heavy (non-hydrogen) atoms. The molecule has 1 heterocycles. The minimum atomic E-state index is -0.444. The van der Waals surface area contributed by atoms with E-state index in [1.54, 1.807) is 18.2 Å². The molecule has 7 heteroatoms. The SMILES string of the molecule is Cc1ccc(Cl)cc1Nc1ncnc2ccc([N+](=O)[O-])cc12. The van der Waals surface area contributed by atoms with E-state index in [1.165, 1.54) is 18.5 Å². The Morgan fingerprint density at radius 1 is 1.18 bits per heavy atom. The molecule has 0 aliphatic rings. The fourth-order valence-electron chi connectivity index (χ4n) is 2.11. The second kappa shape index (κ2) is 5.57. The van der Waals surface area contributed by atoms with E-state index in [2.05, 4.69) is 15.3 Å². The van der Waals surface area contributed by atoms with Gasteiger partial charge in [0, 0.05) is 28.2 Å². The van der Waals surface area contributed by atoms with Crippen molar-refractivity contribution in [2.45, 2.75) is 6.92 Å². The average molecular weight is 315 g/mol. The number of nitro groups is 1. The molecule has 0 aliphatic heterocycles. The van der Waals surface area contributed by atoms with Crippen LogP contribution in [-0.4, -0.2) is 14.9 Å². The average Bonchev–Trinajstić information content (AvgIpc) is 2.50. The van der Waals surface area contributed by atoms with Crippen LogP contribution in [0.15, 0.2) is 42.7 Å². The van der Waals surface area contributed by atoms with Crippen molar-refractivity contribution in [3.8, 4) is 0 Å². The van der Waals surface area contributed by atoms with Crippen molar-refractivity contribution in [1.82, 2.24) is 9.97 Å². The van der Waals surface area contributed by atoms with Gasteiger partial charge in [0.15, 0.2) is 0 Å². The highest BCUT2D eigenvalue weighted by Crippen LogP contribution is 2.29. The number of anilines is 2. The lowest BCUT2D eigenvalue weighted by atomic mass is 10.1. The maximum Gasteiger partial charge on any atom is 0.270 e. The maximum atomic E-state index is 10.9. The molecule has 0 saturated carbocycles. The first-order valence-corrected chi connectivity index (χ1v) is 6.85. The van der Waals surface area contributed by atoms with Gasteiger partial charge in [-0.15, -0.1) is 0 Å². The maximum absolute atomic E-state index is 10.9. The van der Waals surface area contributed by atoms with E-state index < -0.39 is 4.92 Å². The van der Waals surface area contributed by atoms with Crippen LogP contribution in [0.5, 0.6) is 0 Å². The van der Waals surface area contributed by atoms with Gasteiger partial charge >= 0.3 is 0 Å². The first-order chi connectivity index (χ1) is 10.5. The van der Waals surface area contributed by atoms with Gasteiger partial charge in [0.05, 0.1) is 10.4 Å². The molecule has 0 fully saturated rings. The first-order valence-electron chi connectivity index (χ1n) is 6.47. The number of halogens is 1. The molecule has 3 aromatic rings. The number of benzene rings is 2. The van der Waals surface area contributed by atoms with Crippen LogP contribution in [0.1, 0.15) is 5.56 Å². The van der Waals surface area contributed by atoms with Crippen LogP contribution < -0.4 is 5.32 Å². The van der Waals surface area contributed by atoms with Crippen LogP contribution in [0, 0.1) is 17.0 Å². The van der Waals surface area contributed by atoms with Gasteiger partial charge in [-0.1, -0.05) is 17.7 Å². The summed E-state index contributed by atoms with van der Waals surface area (Å²) in [6, 6.07) is 9.94. The molecular weight excluding hydrogens is 304 g/mol. The Kier molecular flexibility index (Phi) is 3.60. The summed E-state index contributed by atoms with van der Waals surface area (Å²) in [5.41, 5.74) is 2.40. The topological polar surface area (TPSA) is 81.0 Å². The number of nitrogens with zero attached hydrogens (tertiary/aromatic N) is 3. The quantitative estimate of drug-likeness (QED) is 0.577. The van der Waals surface area contributed by atoms with Gasteiger partial charge in [-0.25, -0.2) is 9.97 Å². The number of aromatic nitrogens is 2. The number of fused-ring (bicyclic) bond motifs is 1. The molecule has 0 spiro atoms. The van der Waals surface area contributed by atoms with Crippen LogP contribution in [0.3, 0.4) is 0 Å². The third-order valence-corrected chi connectivity index (χ3v) is 3.52. The zero-order valence-corrected chi connectivity index (χ0v) is 12.3. The van der Waals surface area contributed by atoms with E-state index in [4.69, 9.17) is 11.6 Å². The second-order valence-electron chi connectivity index (χ2n) is 4.77. The Hall–Kier alpha value is -2.73. The third kappa shape index (κ3) is 2.68. The zero-order valence-electron chi connectivity index (χ0n) is 11.6. The summed E-state index contributed by atoms with van der Waals surface area (Å²) in [5.74, 6) is 0.499. The van der Waals surface area contributed by atoms with Crippen molar-refractivity contribution < 1.29 is 4.92 Å². The standard InChI is InChI=1S/C15H11ClN4O2/c1-9-2-3-10(16)6-14(9)19-15-12-7-11(20(21)22)4-5-13(12)17-8-18-15/h2-8H,1H3,(H,17,18,19). The van der Waals surface area contributed by atoms with Gasteiger partial charge in [0.25, 0.3) is 5.69 Å². The van der Waals surface area contributed by atoms with Gasteiger partial charge in [-0.2, -0.15) is 0 Å². The number of rotatable bonds is 3. The van der Waals surface area contributed by atoms with E-state index in [0.29, 0.717) is 21.7 Å². The summed E-state index contributed by atoms with van der Waals surface area (Å²) in [6.07, 6.45) is 1.41. The van der Waals surface area contributed by atoms with Crippen LogP contribution in [0.4, 0.5) is 17.2 Å². The van der Waals surface area contributed by atoms with Crippen molar-refractivity contribution in [3.63, 3.8) is 0 Å². The van der Waals surface area contributed by atoms with Crippen molar-refractivity contribution >= 4 is 39.7 Å². The number of aryl methyl sites for hydroxylation is 1. The number of hydrogen-bond donors (Lipinski definition) is 1. The highest BCUT2D eigenvalue weighted by atomic mass is 35.5. The van der Waals surface area contributed by atoms with Crippen LogP contribution >= 0.6 is 11.6 Å². The molecule has 0 saturated heterocycles. The van der Waals surface area contributed by atoms with Crippen molar-refractivity contribution in [2.24, 2.45) is 0 Å². The number of hydrogen-bond acceptors (Lipinski definition) is 5. The lowest BCUT2D eigenvalue weighted by molar-refractivity contribution is -0.384. The van der Waals surface area contributed by atoms with E-state index >= 15 is 0 Å². The fourth-order valence-corrected chi connectivity index (χ4v) is 2.29. The minimum Gasteiger partial charge on any atom is -0.339 e. The normalized spacial score (nSPS) is 10.6. The Labute approximate surface area is 130 Å². The Morgan fingerprint density at radius 3 is 2.77 bits per heavy atom. The first kappa shape index (κ1) is 14.2. The smallest absolute Gasteiger partial charge is 0.270 e. The lowest BCUT2D eigenvalue weighted by Crippen LogP contribution is -1.98. The molecule has 0 amide bonds. The molecule has 0 atom stereocenters. The number of non-ortho nitro benzene ring substituents is 1. The molecule has 1 aromatic heterocycles. The molecule has 6 nitrogen and oxygen atoms in total. The Bertz CT molecular complexity index is 883. The summed E-state index contributed by atoms with van der Waals surface area (Å²) in [5, 5.41) is 15.3. The summed E-state index contributed by atoms with van der Waals surface area (Å²) < 4.78 is 0. The van der Waals surface area contributed by atoms with E-state index in [9.17, 15) is 10.1 Å².